The second-order valence-electron chi connectivity index (χ2n) is 5.06. The van der Waals surface area contributed by atoms with Gasteiger partial charge in [0, 0.05) is 32.2 Å². The third-order valence-corrected chi connectivity index (χ3v) is 3.80. The van der Waals surface area contributed by atoms with Gasteiger partial charge in [0.1, 0.15) is 0 Å². The monoisotopic (exact) mass is 278 g/mol. The van der Waals surface area contributed by atoms with Crippen LogP contribution in [0.4, 0.5) is 4.39 Å². The third-order valence-electron chi connectivity index (χ3n) is 3.80. The number of methoxy groups -OCH3 is 1. The molecule has 1 saturated heterocycles. The van der Waals surface area contributed by atoms with Gasteiger partial charge in [0.15, 0.2) is 11.6 Å². The number of nitrogens with zero attached hydrogens (tertiary/aromatic N) is 1. The van der Waals surface area contributed by atoms with Crippen molar-refractivity contribution in [3.63, 3.8) is 0 Å². The molecule has 0 unspecified atom stereocenters. The second-order valence-corrected chi connectivity index (χ2v) is 5.06. The predicted molar refractivity (Wildman–Crippen MR) is 79.6 cm³/mol. The van der Waals surface area contributed by atoms with Crippen LogP contribution >= 0.6 is 0 Å². The van der Waals surface area contributed by atoms with E-state index in [1.54, 1.807) is 12.1 Å². The van der Waals surface area contributed by atoms with Crippen LogP contribution in [0.3, 0.4) is 0 Å². The summed E-state index contributed by atoms with van der Waals surface area (Å²) in [5.41, 5.74) is 1.02. The van der Waals surface area contributed by atoms with E-state index in [0.29, 0.717) is 5.75 Å². The molecule has 20 heavy (non-hydrogen) atoms. The first-order chi connectivity index (χ1) is 9.76. The molecule has 0 bridgehead atoms. The Labute approximate surface area is 120 Å². The van der Waals surface area contributed by atoms with Gasteiger partial charge in [-0.2, -0.15) is 0 Å². The zero-order valence-electron chi connectivity index (χ0n) is 12.1. The zero-order valence-corrected chi connectivity index (χ0v) is 12.1. The van der Waals surface area contributed by atoms with Crippen molar-refractivity contribution in [2.45, 2.75) is 18.9 Å². The lowest BCUT2D eigenvalue weighted by atomic mass is 9.99. The maximum absolute atomic E-state index is 13.9. The number of rotatable bonds is 6. The molecular weight excluding hydrogens is 255 g/mol. The average molecular weight is 278 g/mol. The van der Waals surface area contributed by atoms with Crippen LogP contribution in [-0.4, -0.2) is 38.2 Å². The number of nitrogens with one attached hydrogen (secondary N) is 1. The lowest BCUT2D eigenvalue weighted by molar-refractivity contribution is 0.166. The minimum atomic E-state index is -0.288. The Balaban J connectivity index is 2.20. The highest BCUT2D eigenvalue weighted by molar-refractivity contribution is 5.31. The molecule has 1 aliphatic rings. The van der Waals surface area contributed by atoms with Crippen LogP contribution in [0.5, 0.6) is 5.75 Å². The van der Waals surface area contributed by atoms with E-state index in [9.17, 15) is 4.39 Å². The normalized spacial score (nSPS) is 17.7. The summed E-state index contributed by atoms with van der Waals surface area (Å²) >= 11 is 0. The fourth-order valence-corrected chi connectivity index (χ4v) is 2.72. The predicted octanol–water partition coefficient (Wildman–Crippen LogP) is 2.75. The summed E-state index contributed by atoms with van der Waals surface area (Å²) in [6.07, 6.45) is 3.83. The quantitative estimate of drug-likeness (QED) is 0.810. The molecule has 110 valence electrons. The Morgan fingerprint density at radius 2 is 2.20 bits per heavy atom. The van der Waals surface area contributed by atoms with Gasteiger partial charge in [-0.1, -0.05) is 12.1 Å². The maximum atomic E-state index is 13.9. The molecule has 1 N–H and O–H groups in total. The van der Waals surface area contributed by atoms with Crippen molar-refractivity contribution in [2.24, 2.45) is 0 Å². The highest BCUT2D eigenvalue weighted by Gasteiger charge is 2.22. The van der Waals surface area contributed by atoms with Gasteiger partial charge in [0.05, 0.1) is 7.11 Å². The summed E-state index contributed by atoms with van der Waals surface area (Å²) in [6.45, 7) is 7.76. The Morgan fingerprint density at radius 3 is 2.80 bits per heavy atom. The smallest absolute Gasteiger partial charge is 0.165 e. The van der Waals surface area contributed by atoms with Gasteiger partial charge in [-0.25, -0.2) is 4.39 Å². The molecule has 1 aliphatic heterocycles. The first kappa shape index (κ1) is 15.0. The molecule has 0 radical (unpaired) electrons. The van der Waals surface area contributed by atoms with E-state index in [4.69, 9.17) is 4.74 Å². The van der Waals surface area contributed by atoms with E-state index >= 15 is 0 Å². The second kappa shape index (κ2) is 7.41. The number of piperazine rings is 1. The molecule has 4 heteroatoms. The van der Waals surface area contributed by atoms with Crippen molar-refractivity contribution in [3.8, 4) is 5.75 Å². The largest absolute Gasteiger partial charge is 0.494 e. The summed E-state index contributed by atoms with van der Waals surface area (Å²) < 4.78 is 18.9. The van der Waals surface area contributed by atoms with Gasteiger partial charge in [-0.15, -0.1) is 6.58 Å². The molecular formula is C16H23FN2O. The summed E-state index contributed by atoms with van der Waals surface area (Å²) in [5.74, 6) is 0.0141. The molecule has 1 aromatic carbocycles. The molecule has 0 aromatic heterocycles. The summed E-state index contributed by atoms with van der Waals surface area (Å²) in [7, 11) is 1.49. The van der Waals surface area contributed by atoms with E-state index < -0.39 is 0 Å². The van der Waals surface area contributed by atoms with E-state index in [1.807, 2.05) is 12.1 Å². The van der Waals surface area contributed by atoms with E-state index in [-0.39, 0.29) is 11.9 Å². The van der Waals surface area contributed by atoms with Gasteiger partial charge < -0.3 is 10.1 Å². The van der Waals surface area contributed by atoms with Crippen LogP contribution in [0.15, 0.2) is 30.9 Å². The highest BCUT2D eigenvalue weighted by Crippen LogP contribution is 2.29. The number of ether oxygens (including phenoxy) is 1. The highest BCUT2D eigenvalue weighted by atomic mass is 19.1. The molecule has 0 spiro atoms. The molecule has 1 aromatic rings. The number of hydrogen-bond donors (Lipinski definition) is 1. The van der Waals surface area contributed by atoms with Gasteiger partial charge >= 0.3 is 0 Å². The van der Waals surface area contributed by atoms with Crippen LogP contribution in [0, 0.1) is 5.82 Å². The molecule has 0 amide bonds. The Hall–Kier alpha value is -1.39. The van der Waals surface area contributed by atoms with Gasteiger partial charge in [0.25, 0.3) is 0 Å². The van der Waals surface area contributed by atoms with Crippen LogP contribution in [-0.2, 0) is 0 Å². The molecule has 2 rings (SSSR count). The van der Waals surface area contributed by atoms with Crippen LogP contribution in [0.1, 0.15) is 24.4 Å². The van der Waals surface area contributed by atoms with Crippen molar-refractivity contribution in [3.05, 3.63) is 42.2 Å². The lowest BCUT2D eigenvalue weighted by Crippen LogP contribution is -2.45. The Bertz CT molecular complexity index is 444. The van der Waals surface area contributed by atoms with Gasteiger partial charge in [-0.3, -0.25) is 4.90 Å². The maximum Gasteiger partial charge on any atom is 0.165 e. The van der Waals surface area contributed by atoms with Crippen LogP contribution in [0.2, 0.25) is 0 Å². The molecule has 0 saturated carbocycles. The van der Waals surface area contributed by atoms with Crippen molar-refractivity contribution in [2.75, 3.05) is 33.3 Å². The summed E-state index contributed by atoms with van der Waals surface area (Å²) in [4.78, 5) is 2.42. The summed E-state index contributed by atoms with van der Waals surface area (Å²) in [5, 5.41) is 3.35. The van der Waals surface area contributed by atoms with Crippen molar-refractivity contribution in [1.29, 1.82) is 0 Å². The average Bonchev–Trinajstić information content (AvgIpc) is 2.49. The van der Waals surface area contributed by atoms with Crippen molar-refractivity contribution in [1.82, 2.24) is 10.2 Å². The number of benzene rings is 1. The van der Waals surface area contributed by atoms with Crippen LogP contribution < -0.4 is 10.1 Å². The molecule has 1 heterocycles. The Morgan fingerprint density at radius 1 is 1.45 bits per heavy atom. The van der Waals surface area contributed by atoms with E-state index in [2.05, 4.69) is 16.8 Å². The van der Waals surface area contributed by atoms with Gasteiger partial charge in [0.2, 0.25) is 0 Å². The van der Waals surface area contributed by atoms with E-state index in [1.165, 1.54) is 7.11 Å². The minimum absolute atomic E-state index is 0.246. The topological polar surface area (TPSA) is 24.5 Å². The zero-order chi connectivity index (χ0) is 14.4. The number of halogens is 1. The third kappa shape index (κ3) is 3.58. The standard InChI is InChI=1S/C16H23FN2O/c1-3-4-5-15(19-10-8-18-9-11-19)13-6-7-16(20-2)14(17)12-13/h3,6-7,12,15,18H,1,4-5,8-11H2,2H3/t15-/m1/s1. The first-order valence-electron chi connectivity index (χ1n) is 7.15. The van der Waals surface area contributed by atoms with Crippen molar-refractivity contribution >= 4 is 0 Å². The van der Waals surface area contributed by atoms with E-state index in [0.717, 1.165) is 44.6 Å². The SMILES string of the molecule is C=CCC[C@H](c1ccc(OC)c(F)c1)N1CCNCC1. The number of allylic oxidation sites excluding steroid dienone is 1. The lowest BCUT2D eigenvalue weighted by Gasteiger charge is -2.35. The molecule has 3 nitrogen and oxygen atoms in total. The van der Waals surface area contributed by atoms with Gasteiger partial charge in [-0.05, 0) is 30.5 Å². The minimum Gasteiger partial charge on any atom is -0.494 e. The first-order valence-corrected chi connectivity index (χ1v) is 7.15. The van der Waals surface area contributed by atoms with Crippen molar-refractivity contribution < 1.29 is 9.13 Å². The summed E-state index contributed by atoms with van der Waals surface area (Å²) in [6, 6.07) is 5.54. The molecule has 1 atom stereocenters. The fraction of sp³-hybridized carbons (Fsp3) is 0.500. The Kier molecular flexibility index (Phi) is 5.56. The van der Waals surface area contributed by atoms with Crippen LogP contribution in [0.25, 0.3) is 0 Å². The fourth-order valence-electron chi connectivity index (χ4n) is 2.72. The molecule has 1 fully saturated rings. The number of hydrogen-bond acceptors (Lipinski definition) is 3. The molecule has 0 aliphatic carbocycles.